The van der Waals surface area contributed by atoms with Crippen LogP contribution >= 0.6 is 0 Å². The molecule has 8 fully saturated rings. The smallest absolute Gasteiger partial charge is 0.335 e. The van der Waals surface area contributed by atoms with Crippen molar-refractivity contribution < 1.29 is 127 Å². The van der Waals surface area contributed by atoms with Gasteiger partial charge in [0.15, 0.2) is 49.6 Å². The fourth-order valence-electron chi connectivity index (χ4n) is 17.1. The summed E-state index contributed by atoms with van der Waals surface area (Å²) in [4.78, 5) is 49.1. The van der Waals surface area contributed by atoms with Crippen LogP contribution in [0.3, 0.4) is 0 Å². The van der Waals surface area contributed by atoms with Crippen molar-refractivity contribution in [3.05, 3.63) is 11.6 Å². The van der Waals surface area contributed by atoms with Crippen LogP contribution in [0.5, 0.6) is 0 Å². The quantitative estimate of drug-likeness (QED) is 0.0450. The van der Waals surface area contributed by atoms with E-state index in [0.717, 1.165) is 27.2 Å². The van der Waals surface area contributed by atoms with Gasteiger partial charge in [-0.05, 0) is 90.8 Å². The molecule has 4 saturated carbocycles. The van der Waals surface area contributed by atoms with Crippen LogP contribution < -0.4 is 0 Å². The summed E-state index contributed by atoms with van der Waals surface area (Å²) in [5.74, 6) is -4.17. The van der Waals surface area contributed by atoms with Crippen LogP contribution in [0.15, 0.2) is 11.6 Å². The van der Waals surface area contributed by atoms with E-state index in [1.165, 1.54) is 5.57 Å². The van der Waals surface area contributed by atoms with Gasteiger partial charge in [-0.15, -0.1) is 0 Å². The number of rotatable bonds is 14. The number of allylic oxidation sites excluding steroid dienone is 2. The normalized spacial score (nSPS) is 50.9. The number of carbonyl (C=O) groups excluding carboxylic acids is 3. The lowest BCUT2D eigenvalue weighted by atomic mass is 9.33. The average Bonchev–Trinajstić information content (AvgIpc) is 0.869. The maximum atomic E-state index is 12.4. The summed E-state index contributed by atoms with van der Waals surface area (Å²) in [6, 6.07) is 0. The zero-order chi connectivity index (χ0) is 61.7. The summed E-state index contributed by atoms with van der Waals surface area (Å²) in [6.07, 6.45) is -25.6. The van der Waals surface area contributed by atoms with Crippen molar-refractivity contribution in [1.82, 2.24) is 0 Å². The Labute approximate surface area is 487 Å². The molecule has 4 heterocycles. The number of aliphatic hydroxyl groups is 10. The molecule has 11 N–H and O–H groups in total. The molecule has 9 aliphatic rings. The fourth-order valence-corrected chi connectivity index (χ4v) is 17.1. The van der Waals surface area contributed by atoms with Crippen molar-refractivity contribution in [2.24, 2.45) is 50.2 Å². The van der Waals surface area contributed by atoms with Gasteiger partial charge in [-0.25, -0.2) is 4.79 Å². The minimum Gasteiger partial charge on any atom is -0.479 e. The number of fused-ring (bicyclic) bond motifs is 7. The highest BCUT2D eigenvalue weighted by Crippen LogP contribution is 2.76. The largest absolute Gasteiger partial charge is 0.479 e. The Hall–Kier alpha value is -3.10. The van der Waals surface area contributed by atoms with Crippen molar-refractivity contribution in [3.8, 4) is 0 Å². The minimum atomic E-state index is -2.05. The van der Waals surface area contributed by atoms with E-state index in [2.05, 4.69) is 33.8 Å². The molecule has 0 aromatic rings. The first-order valence-corrected chi connectivity index (χ1v) is 29.5. The maximum Gasteiger partial charge on any atom is 0.335 e. The van der Waals surface area contributed by atoms with Gasteiger partial charge in [0.2, 0.25) is 0 Å². The Kier molecular flexibility index (Phi) is 18.7. The predicted octanol–water partition coefficient (Wildman–Crippen LogP) is -0.537. The van der Waals surface area contributed by atoms with Crippen LogP contribution in [0, 0.1) is 50.2 Å². The zero-order valence-corrected chi connectivity index (χ0v) is 49.5. The molecule has 0 aromatic heterocycles. The number of ether oxygens (including phenoxy) is 11. The molecule has 0 amide bonds. The van der Waals surface area contributed by atoms with E-state index < -0.39 is 181 Å². The molecule has 84 heavy (non-hydrogen) atoms. The molecule has 0 aromatic carbocycles. The van der Waals surface area contributed by atoms with Crippen LogP contribution in [0.1, 0.15) is 121 Å². The number of carboxylic acid groups (broad SMARTS) is 1. The van der Waals surface area contributed by atoms with E-state index in [4.69, 9.17) is 52.1 Å². The topological polar surface area (TPSA) is 392 Å². The number of hydrogen-bond donors (Lipinski definition) is 11. The first-order chi connectivity index (χ1) is 39.2. The van der Waals surface area contributed by atoms with E-state index in [-0.39, 0.29) is 48.4 Å². The molecule has 26 heteroatoms. The van der Waals surface area contributed by atoms with Gasteiger partial charge in [0.1, 0.15) is 61.0 Å². The average molecular weight is 1200 g/mol. The van der Waals surface area contributed by atoms with Gasteiger partial charge < -0.3 is 108 Å². The minimum absolute atomic E-state index is 0.0732. The molecular formula is C58H90O26. The van der Waals surface area contributed by atoms with Crippen molar-refractivity contribution in [1.29, 1.82) is 0 Å². The monoisotopic (exact) mass is 1200 g/mol. The number of hydrogen-bond acceptors (Lipinski definition) is 25. The Morgan fingerprint density at radius 2 is 1.24 bits per heavy atom. The highest BCUT2D eigenvalue weighted by Gasteiger charge is 2.71. The van der Waals surface area contributed by atoms with Gasteiger partial charge >= 0.3 is 23.9 Å². The summed E-state index contributed by atoms with van der Waals surface area (Å²) >= 11 is 0. The summed E-state index contributed by atoms with van der Waals surface area (Å²) in [7, 11) is 0. The van der Waals surface area contributed by atoms with Crippen LogP contribution in [0.25, 0.3) is 0 Å². The van der Waals surface area contributed by atoms with Crippen molar-refractivity contribution >= 4 is 23.9 Å². The molecule has 478 valence electrons. The Balaban J connectivity index is 0.950. The Bertz CT molecular complexity index is 2440. The highest BCUT2D eigenvalue weighted by atomic mass is 16.8. The third kappa shape index (κ3) is 11.1. The van der Waals surface area contributed by atoms with Crippen molar-refractivity contribution in [2.75, 3.05) is 26.4 Å². The molecule has 26 nitrogen and oxygen atoms in total. The highest BCUT2D eigenvalue weighted by molar-refractivity contribution is 5.73. The third-order valence-corrected chi connectivity index (χ3v) is 21.9. The lowest BCUT2D eigenvalue weighted by molar-refractivity contribution is -0.375. The van der Waals surface area contributed by atoms with Crippen LogP contribution in [-0.2, 0) is 71.3 Å². The standard InChI is InChI=1S/C58H90O26/c1-24(61)76-31-22-75-51(45(78-26(3)63)42(31)77-25(2)62)81-41-29(64)21-74-49(40(41)70)84-47-46(71)53(4,5)19-28-27-11-12-33-55(7)15-14-34(56(8,23-60)32(55)13-16-58(33,10)57(27,9)18-17-54(28,47)6)80-52-44(38(68)37(67)43(82-52)48(72)73)83-50-39(69)36(66)35(65)30(20-59)79-50/h11,28-47,49-52,59-60,64-71H,12-23H2,1-10H3,(H,72,73)/t28?,29?,30-,31-,32?,33?,34+,35?,36?,37?,38?,39-,40-,41?,42+,43+,44-,45-,46+,47-,49?,50+,51?,52?,54-,55+,56-,57-,58-/m1/s1. The van der Waals surface area contributed by atoms with E-state index >= 15 is 0 Å². The first-order valence-electron chi connectivity index (χ1n) is 29.5. The molecule has 12 unspecified atom stereocenters. The Morgan fingerprint density at radius 1 is 0.595 bits per heavy atom. The van der Waals surface area contributed by atoms with E-state index in [1.54, 1.807) is 0 Å². The zero-order valence-electron chi connectivity index (χ0n) is 49.5. The lowest BCUT2D eigenvalue weighted by Gasteiger charge is -2.72. The van der Waals surface area contributed by atoms with E-state index in [9.17, 15) is 75.3 Å². The van der Waals surface area contributed by atoms with Gasteiger partial charge in [0, 0.05) is 31.6 Å². The first kappa shape index (κ1) is 65.3. The van der Waals surface area contributed by atoms with Gasteiger partial charge in [-0.2, -0.15) is 0 Å². The van der Waals surface area contributed by atoms with Gasteiger partial charge in [0.05, 0.1) is 44.7 Å². The SMILES string of the molecule is CC(=O)O[C@H]1[C@H](OC(C)=O)COC(OC2C(O)COC(O[C@@H]3[C@H](O)C(C)(C)CC4C5=CCC6[C@@]7(C)CC[C@H](OC8O[C@H](C(=O)O)C(O)C(O)[C@H]8O[C@@H]8O[C@H](CO)C(O)C(O)[C@H]8O)[C@](C)(CO)C7CC[C@@]6(C)[C@]5(C)CC[C@]43C)[C@@H]2O)[C@@H]1OC(C)=O. The van der Waals surface area contributed by atoms with Crippen LogP contribution in [0.2, 0.25) is 0 Å². The molecular weight excluding hydrogens is 1110 g/mol. The number of carboxylic acids is 1. The Morgan fingerprint density at radius 3 is 1.87 bits per heavy atom. The maximum absolute atomic E-state index is 12.4. The number of esters is 3. The van der Waals surface area contributed by atoms with Crippen molar-refractivity contribution in [3.63, 3.8) is 0 Å². The van der Waals surface area contributed by atoms with Crippen LogP contribution in [0.4, 0.5) is 0 Å². The van der Waals surface area contributed by atoms with E-state index in [0.29, 0.717) is 44.9 Å². The molecule has 0 radical (unpaired) electrons. The third-order valence-electron chi connectivity index (χ3n) is 21.9. The molecule has 4 saturated heterocycles. The predicted molar refractivity (Wildman–Crippen MR) is 283 cm³/mol. The summed E-state index contributed by atoms with van der Waals surface area (Å²) in [5, 5.41) is 122. The van der Waals surface area contributed by atoms with Crippen molar-refractivity contribution in [2.45, 2.75) is 250 Å². The van der Waals surface area contributed by atoms with Gasteiger partial charge in [-0.1, -0.05) is 60.1 Å². The fraction of sp³-hybridized carbons (Fsp3) is 0.897. The molecule has 0 spiro atoms. The molecule has 9 rings (SSSR count). The molecule has 0 bridgehead atoms. The number of carbonyl (C=O) groups is 4. The molecule has 4 aliphatic heterocycles. The second kappa shape index (κ2) is 24.0. The number of aliphatic hydroxyl groups excluding tert-OH is 10. The second-order valence-electron chi connectivity index (χ2n) is 27.3. The van der Waals surface area contributed by atoms with E-state index in [1.807, 2.05) is 20.8 Å². The lowest BCUT2D eigenvalue weighted by Crippen LogP contribution is -2.69. The molecule has 5 aliphatic carbocycles. The van der Waals surface area contributed by atoms with Crippen LogP contribution in [-0.4, -0.2) is 235 Å². The second-order valence-corrected chi connectivity index (χ2v) is 27.3. The summed E-state index contributed by atoms with van der Waals surface area (Å²) in [5.41, 5.74) is -2.31. The number of aliphatic carboxylic acids is 1. The van der Waals surface area contributed by atoms with Gasteiger partial charge in [0.25, 0.3) is 0 Å². The van der Waals surface area contributed by atoms with Gasteiger partial charge in [-0.3, -0.25) is 14.4 Å². The summed E-state index contributed by atoms with van der Waals surface area (Å²) in [6.45, 7) is 16.4. The molecule has 29 atom stereocenters. The summed E-state index contributed by atoms with van der Waals surface area (Å²) < 4.78 is 65.3.